The molecular formula is C3H9GeI. The van der Waals surface area contributed by atoms with Crippen molar-refractivity contribution in [2.24, 2.45) is 0 Å². The van der Waals surface area contributed by atoms with Crippen molar-refractivity contribution in [2.75, 3.05) is 0 Å². The molecule has 0 aromatic carbocycles. The maximum atomic E-state index is 2.57. The van der Waals surface area contributed by atoms with Crippen LogP contribution >= 0.6 is 20.2 Å². The molecule has 0 aliphatic rings. The first kappa shape index (κ1) is 6.27. The average Bonchev–Trinajstić information content (AvgIpc) is 0.722. The predicted molar refractivity (Wildman–Crippen MR) is 37.4 cm³/mol. The van der Waals surface area contributed by atoms with Gasteiger partial charge in [-0.25, -0.2) is 0 Å². The molecule has 0 saturated carbocycles. The first-order valence-corrected chi connectivity index (χ1v) is 14.4. The monoisotopic (exact) mass is 246 g/mol. The predicted octanol–water partition coefficient (Wildman–Crippen LogP) is 2.26. The van der Waals surface area contributed by atoms with E-state index >= 15 is 0 Å². The summed E-state index contributed by atoms with van der Waals surface area (Å²) in [5.41, 5.74) is 0. The van der Waals surface area contributed by atoms with E-state index in [4.69, 9.17) is 0 Å². The zero-order chi connectivity index (χ0) is 4.50. The Balaban J connectivity index is 3.02. The van der Waals surface area contributed by atoms with Crippen LogP contribution in [-0.2, 0) is 0 Å². The van der Waals surface area contributed by atoms with Crippen LogP contribution in [0.5, 0.6) is 0 Å². The fourth-order valence-electron chi connectivity index (χ4n) is 0. The molecule has 0 N–H and O–H groups in total. The van der Waals surface area contributed by atoms with Crippen molar-refractivity contribution in [1.29, 1.82) is 0 Å². The Morgan fingerprint density at radius 1 is 1.20 bits per heavy atom. The summed E-state index contributed by atoms with van der Waals surface area (Å²) < 4.78 is 0. The maximum absolute atomic E-state index is 2.57. The van der Waals surface area contributed by atoms with Gasteiger partial charge in [0.2, 0.25) is 0 Å². The van der Waals surface area contributed by atoms with E-state index in [9.17, 15) is 0 Å². The minimum absolute atomic E-state index is 1.03. The van der Waals surface area contributed by atoms with Crippen molar-refractivity contribution in [2.45, 2.75) is 17.3 Å². The average molecular weight is 245 g/mol. The van der Waals surface area contributed by atoms with Crippen LogP contribution in [0.3, 0.4) is 0 Å². The molecule has 0 unspecified atom stereocenters. The molecule has 0 rings (SSSR count). The number of rotatable bonds is 0. The molecule has 0 aliphatic heterocycles. The number of hydrogen-bond donors (Lipinski definition) is 0. The molecule has 0 radical (unpaired) electrons. The summed E-state index contributed by atoms with van der Waals surface area (Å²) >= 11 is 2.57. The Morgan fingerprint density at radius 3 is 1.20 bits per heavy atom. The van der Waals surface area contributed by atoms with E-state index in [1.165, 1.54) is 0 Å². The summed E-state index contributed by atoms with van der Waals surface area (Å²) in [6.07, 6.45) is 0. The van der Waals surface area contributed by atoms with Gasteiger partial charge in [0, 0.05) is 0 Å². The van der Waals surface area contributed by atoms with Crippen LogP contribution in [0.4, 0.5) is 0 Å². The van der Waals surface area contributed by atoms with Crippen LogP contribution in [0.15, 0.2) is 0 Å². The van der Waals surface area contributed by atoms with Gasteiger partial charge in [-0.15, -0.1) is 0 Å². The first-order chi connectivity index (χ1) is 2.00. The van der Waals surface area contributed by atoms with Crippen molar-refractivity contribution < 1.29 is 0 Å². The fourth-order valence-corrected chi connectivity index (χ4v) is 0. The molecule has 0 spiro atoms. The van der Waals surface area contributed by atoms with Gasteiger partial charge in [0.15, 0.2) is 0 Å². The number of hydrogen-bond acceptors (Lipinski definition) is 0. The van der Waals surface area contributed by atoms with Gasteiger partial charge in [-0.05, 0) is 0 Å². The van der Waals surface area contributed by atoms with Crippen LogP contribution in [0.2, 0.25) is 17.3 Å². The molecular weight excluding hydrogens is 236 g/mol. The third-order valence-electron chi connectivity index (χ3n) is 0. The second kappa shape index (κ2) is 1.82. The third kappa shape index (κ3) is 34.9. The van der Waals surface area contributed by atoms with Crippen LogP contribution < -0.4 is 0 Å². The topological polar surface area (TPSA) is 0 Å². The van der Waals surface area contributed by atoms with E-state index in [0.29, 0.717) is 0 Å². The first-order valence-electron chi connectivity index (χ1n) is 1.69. The number of halogens is 1. The summed E-state index contributed by atoms with van der Waals surface area (Å²) in [4.78, 5) is 0. The molecule has 0 aliphatic carbocycles. The zero-order valence-electron chi connectivity index (χ0n) is 3.88. The van der Waals surface area contributed by atoms with Gasteiger partial charge in [0.1, 0.15) is 0 Å². The van der Waals surface area contributed by atoms with E-state index < -0.39 is 9.96 Å². The second-order valence-electron chi connectivity index (χ2n) is 2.07. The summed E-state index contributed by atoms with van der Waals surface area (Å²) in [5.74, 6) is 7.09. The Morgan fingerprint density at radius 2 is 1.20 bits per heavy atom. The molecule has 0 amide bonds. The van der Waals surface area contributed by atoms with Crippen molar-refractivity contribution in [3.63, 3.8) is 0 Å². The summed E-state index contributed by atoms with van der Waals surface area (Å²) in [5, 5.41) is 0. The van der Waals surface area contributed by atoms with Crippen LogP contribution in [-0.4, -0.2) is 9.96 Å². The zero-order valence-corrected chi connectivity index (χ0v) is 8.13. The molecule has 0 aromatic heterocycles. The molecule has 0 saturated heterocycles. The van der Waals surface area contributed by atoms with Gasteiger partial charge in [0.25, 0.3) is 0 Å². The minimum atomic E-state index is -1.03. The van der Waals surface area contributed by atoms with Crippen LogP contribution in [0.1, 0.15) is 0 Å². The summed E-state index contributed by atoms with van der Waals surface area (Å²) in [6.45, 7) is 0. The quantitative estimate of drug-likeness (QED) is 0.453. The molecule has 32 valence electrons. The van der Waals surface area contributed by atoms with E-state index in [1.54, 1.807) is 0 Å². The third-order valence-corrected chi connectivity index (χ3v) is 0. The Hall–Kier alpha value is 1.27. The van der Waals surface area contributed by atoms with Gasteiger partial charge in [-0.3, -0.25) is 0 Å². The molecule has 0 atom stereocenters. The van der Waals surface area contributed by atoms with E-state index in [-0.39, 0.29) is 0 Å². The van der Waals surface area contributed by atoms with E-state index in [2.05, 4.69) is 37.5 Å². The molecule has 0 bridgehead atoms. The molecule has 0 heterocycles. The summed E-state index contributed by atoms with van der Waals surface area (Å²) in [7, 11) is -1.03. The van der Waals surface area contributed by atoms with E-state index in [0.717, 1.165) is 0 Å². The Kier molecular flexibility index (Phi) is 2.28. The van der Waals surface area contributed by atoms with Gasteiger partial charge in [-0.2, -0.15) is 0 Å². The molecule has 0 nitrogen and oxygen atoms in total. The van der Waals surface area contributed by atoms with Gasteiger partial charge in [-0.1, -0.05) is 0 Å². The standard InChI is InChI=1S/C3H9GeI/c1-4(2,3)5/h1-3H3. The molecule has 0 aromatic rings. The fraction of sp³-hybridized carbons (Fsp3) is 1.00. The van der Waals surface area contributed by atoms with Crippen molar-refractivity contribution >= 4 is 30.2 Å². The molecule has 0 fully saturated rings. The summed E-state index contributed by atoms with van der Waals surface area (Å²) in [6, 6.07) is 0. The van der Waals surface area contributed by atoms with Crippen LogP contribution in [0.25, 0.3) is 0 Å². The van der Waals surface area contributed by atoms with Gasteiger partial charge in [0.05, 0.1) is 0 Å². The Bertz CT molecular complexity index is 22.4. The van der Waals surface area contributed by atoms with E-state index in [1.807, 2.05) is 0 Å². The van der Waals surface area contributed by atoms with Crippen molar-refractivity contribution in [3.8, 4) is 0 Å². The molecule has 2 heteroatoms. The van der Waals surface area contributed by atoms with Gasteiger partial charge >= 0.3 is 47.4 Å². The normalized spacial score (nSPS) is 12.0. The second-order valence-corrected chi connectivity index (χ2v) is 27.6. The van der Waals surface area contributed by atoms with Gasteiger partial charge < -0.3 is 0 Å². The SMILES string of the molecule is [CH3][Ge]([CH3])([CH3])[I]. The Labute approximate surface area is 47.3 Å². The van der Waals surface area contributed by atoms with Crippen molar-refractivity contribution in [1.82, 2.24) is 0 Å². The molecule has 5 heavy (non-hydrogen) atoms. The van der Waals surface area contributed by atoms with Crippen molar-refractivity contribution in [3.05, 3.63) is 0 Å². The van der Waals surface area contributed by atoms with Crippen LogP contribution in [0, 0.1) is 0 Å².